The summed E-state index contributed by atoms with van der Waals surface area (Å²) in [6, 6.07) is 3.98. The first-order chi connectivity index (χ1) is 8.13. The fraction of sp³-hybridized carbons (Fsp3) is 0.538. The molecule has 0 fully saturated rings. The summed E-state index contributed by atoms with van der Waals surface area (Å²) in [6.45, 7) is 3.39. The lowest BCUT2D eigenvalue weighted by atomic mass is 10.1. The summed E-state index contributed by atoms with van der Waals surface area (Å²) < 4.78 is 0. The minimum Gasteiger partial charge on any atom is -0.481 e. The maximum Gasteiger partial charge on any atom is 0.307 e. The number of carbonyl (C=O) groups is 1. The first-order valence-corrected chi connectivity index (χ1v) is 5.93. The van der Waals surface area contributed by atoms with E-state index < -0.39 is 5.97 Å². The van der Waals surface area contributed by atoms with Gasteiger partial charge in [0.1, 0.15) is 0 Å². The quantitative estimate of drug-likeness (QED) is 0.782. The Morgan fingerprint density at radius 3 is 2.65 bits per heavy atom. The van der Waals surface area contributed by atoms with Gasteiger partial charge in [0.15, 0.2) is 0 Å². The third-order valence-corrected chi connectivity index (χ3v) is 2.91. The normalized spacial score (nSPS) is 12.6. The topological polar surface area (TPSA) is 53.4 Å². The lowest BCUT2D eigenvalue weighted by molar-refractivity contribution is -0.142. The van der Waals surface area contributed by atoms with E-state index in [1.54, 1.807) is 12.4 Å². The van der Waals surface area contributed by atoms with Crippen molar-refractivity contribution >= 4 is 5.97 Å². The van der Waals surface area contributed by atoms with Crippen LogP contribution in [0.25, 0.3) is 0 Å². The average Bonchev–Trinajstić information content (AvgIpc) is 2.34. The summed E-state index contributed by atoms with van der Waals surface area (Å²) >= 11 is 0. The Kier molecular flexibility index (Phi) is 5.63. The van der Waals surface area contributed by atoms with Crippen molar-refractivity contribution in [3.8, 4) is 0 Å². The van der Waals surface area contributed by atoms with Crippen molar-refractivity contribution in [2.45, 2.75) is 19.8 Å². The summed E-state index contributed by atoms with van der Waals surface area (Å²) in [4.78, 5) is 16.9. The molecule has 0 aromatic carbocycles. The van der Waals surface area contributed by atoms with E-state index >= 15 is 0 Å². The lowest BCUT2D eigenvalue weighted by Crippen LogP contribution is -2.31. The number of rotatable bonds is 7. The van der Waals surface area contributed by atoms with E-state index in [4.69, 9.17) is 5.11 Å². The van der Waals surface area contributed by atoms with Gasteiger partial charge in [-0.25, -0.2) is 0 Å². The van der Waals surface area contributed by atoms with Crippen molar-refractivity contribution in [3.05, 3.63) is 30.1 Å². The summed E-state index contributed by atoms with van der Waals surface area (Å²) in [5.41, 5.74) is 1.23. The molecular weight excluding hydrogens is 216 g/mol. The number of hydrogen-bond acceptors (Lipinski definition) is 3. The molecule has 0 aliphatic carbocycles. The van der Waals surface area contributed by atoms with E-state index in [2.05, 4.69) is 9.88 Å². The summed E-state index contributed by atoms with van der Waals surface area (Å²) in [5.74, 6) is -0.972. The van der Waals surface area contributed by atoms with E-state index in [1.165, 1.54) is 5.56 Å². The van der Waals surface area contributed by atoms with Gasteiger partial charge < -0.3 is 10.0 Å². The average molecular weight is 236 g/mol. The van der Waals surface area contributed by atoms with E-state index in [0.29, 0.717) is 13.0 Å². The van der Waals surface area contributed by atoms with E-state index in [-0.39, 0.29) is 5.92 Å². The monoisotopic (exact) mass is 236 g/mol. The van der Waals surface area contributed by atoms with Gasteiger partial charge in [0, 0.05) is 25.5 Å². The molecule has 0 spiro atoms. The second-order valence-corrected chi connectivity index (χ2v) is 4.31. The molecule has 94 valence electrons. The highest BCUT2D eigenvalue weighted by Crippen LogP contribution is 2.06. The molecule has 0 radical (unpaired) electrons. The number of pyridine rings is 1. The highest BCUT2D eigenvalue weighted by molar-refractivity contribution is 5.70. The SMILES string of the molecule is CCC(CN(C)CCc1ccncc1)C(=O)O. The highest BCUT2D eigenvalue weighted by atomic mass is 16.4. The molecule has 4 heteroatoms. The Hall–Kier alpha value is -1.42. The zero-order valence-corrected chi connectivity index (χ0v) is 10.5. The number of aromatic nitrogens is 1. The second-order valence-electron chi connectivity index (χ2n) is 4.31. The first-order valence-electron chi connectivity index (χ1n) is 5.93. The molecule has 1 aromatic rings. The van der Waals surface area contributed by atoms with Gasteiger partial charge in [0.25, 0.3) is 0 Å². The lowest BCUT2D eigenvalue weighted by Gasteiger charge is -2.20. The van der Waals surface area contributed by atoms with Gasteiger partial charge in [-0.05, 0) is 37.6 Å². The zero-order valence-electron chi connectivity index (χ0n) is 10.5. The Morgan fingerprint density at radius 2 is 2.12 bits per heavy atom. The van der Waals surface area contributed by atoms with Crippen LogP contribution in [0.5, 0.6) is 0 Å². The smallest absolute Gasteiger partial charge is 0.307 e. The molecule has 1 rings (SSSR count). The van der Waals surface area contributed by atoms with E-state index in [0.717, 1.165) is 13.0 Å². The van der Waals surface area contributed by atoms with Gasteiger partial charge in [0.2, 0.25) is 0 Å². The summed E-state index contributed by atoms with van der Waals surface area (Å²) in [6.07, 6.45) is 5.16. The van der Waals surface area contributed by atoms with Crippen molar-refractivity contribution in [2.75, 3.05) is 20.1 Å². The number of likely N-dealkylation sites (N-methyl/N-ethyl adjacent to an activating group) is 1. The number of hydrogen-bond donors (Lipinski definition) is 1. The van der Waals surface area contributed by atoms with Gasteiger partial charge in [0.05, 0.1) is 5.92 Å². The maximum absolute atomic E-state index is 10.9. The molecule has 0 aliphatic heterocycles. The third kappa shape index (κ3) is 4.95. The Labute approximate surface area is 102 Å². The minimum absolute atomic E-state index is 0.266. The van der Waals surface area contributed by atoms with Gasteiger partial charge in [-0.1, -0.05) is 6.92 Å². The zero-order chi connectivity index (χ0) is 12.7. The molecule has 1 heterocycles. The molecule has 0 aliphatic rings. The van der Waals surface area contributed by atoms with Crippen LogP contribution in [0.15, 0.2) is 24.5 Å². The van der Waals surface area contributed by atoms with Crippen molar-refractivity contribution in [1.29, 1.82) is 0 Å². The number of aliphatic carboxylic acids is 1. The van der Waals surface area contributed by atoms with Crippen LogP contribution < -0.4 is 0 Å². The van der Waals surface area contributed by atoms with Crippen LogP contribution in [-0.2, 0) is 11.2 Å². The molecule has 17 heavy (non-hydrogen) atoms. The molecular formula is C13H20N2O2. The van der Waals surface area contributed by atoms with Gasteiger partial charge in [-0.3, -0.25) is 9.78 Å². The highest BCUT2D eigenvalue weighted by Gasteiger charge is 2.16. The van der Waals surface area contributed by atoms with Crippen molar-refractivity contribution in [2.24, 2.45) is 5.92 Å². The van der Waals surface area contributed by atoms with Gasteiger partial charge in [-0.2, -0.15) is 0 Å². The molecule has 1 N–H and O–H groups in total. The largest absolute Gasteiger partial charge is 0.481 e. The number of nitrogens with zero attached hydrogens (tertiary/aromatic N) is 2. The fourth-order valence-electron chi connectivity index (χ4n) is 1.72. The van der Waals surface area contributed by atoms with Crippen molar-refractivity contribution < 1.29 is 9.90 Å². The molecule has 4 nitrogen and oxygen atoms in total. The Balaban J connectivity index is 2.34. The van der Waals surface area contributed by atoms with Crippen LogP contribution in [0.4, 0.5) is 0 Å². The van der Waals surface area contributed by atoms with Crippen LogP contribution in [0.1, 0.15) is 18.9 Å². The summed E-state index contributed by atoms with van der Waals surface area (Å²) in [7, 11) is 1.97. The Bertz CT molecular complexity index is 341. The van der Waals surface area contributed by atoms with E-state index in [1.807, 2.05) is 26.1 Å². The predicted molar refractivity (Wildman–Crippen MR) is 66.9 cm³/mol. The van der Waals surface area contributed by atoms with Crippen LogP contribution in [-0.4, -0.2) is 41.1 Å². The second kappa shape index (κ2) is 7.01. The van der Waals surface area contributed by atoms with Crippen molar-refractivity contribution in [1.82, 2.24) is 9.88 Å². The van der Waals surface area contributed by atoms with Crippen LogP contribution >= 0.6 is 0 Å². The molecule has 0 saturated heterocycles. The van der Waals surface area contributed by atoms with Crippen LogP contribution in [0, 0.1) is 5.92 Å². The van der Waals surface area contributed by atoms with Gasteiger partial charge in [-0.15, -0.1) is 0 Å². The van der Waals surface area contributed by atoms with Crippen molar-refractivity contribution in [3.63, 3.8) is 0 Å². The molecule has 0 bridgehead atoms. The molecule has 1 aromatic heterocycles. The van der Waals surface area contributed by atoms with E-state index in [9.17, 15) is 4.79 Å². The van der Waals surface area contributed by atoms with Crippen LogP contribution in [0.2, 0.25) is 0 Å². The third-order valence-electron chi connectivity index (χ3n) is 2.91. The van der Waals surface area contributed by atoms with Gasteiger partial charge >= 0.3 is 5.97 Å². The molecule has 1 atom stereocenters. The molecule has 1 unspecified atom stereocenters. The molecule has 0 amide bonds. The maximum atomic E-state index is 10.9. The number of carboxylic acid groups (broad SMARTS) is 1. The predicted octanol–water partition coefficient (Wildman–Crippen LogP) is 1.67. The fourth-order valence-corrected chi connectivity index (χ4v) is 1.72. The minimum atomic E-state index is -0.705. The Morgan fingerprint density at radius 1 is 1.47 bits per heavy atom. The standard InChI is InChI=1S/C13H20N2O2/c1-3-12(13(16)17)10-15(2)9-6-11-4-7-14-8-5-11/h4-5,7-8,12H,3,6,9-10H2,1-2H3,(H,16,17). The molecule has 0 saturated carbocycles. The number of carboxylic acids is 1. The summed E-state index contributed by atoms with van der Waals surface area (Å²) in [5, 5.41) is 8.97. The van der Waals surface area contributed by atoms with Crippen LogP contribution in [0.3, 0.4) is 0 Å². The first kappa shape index (κ1) is 13.6.